The fourth-order valence-corrected chi connectivity index (χ4v) is 2.99. The lowest BCUT2D eigenvalue weighted by Gasteiger charge is -2.14. The normalized spacial score (nSPS) is 12.7. The van der Waals surface area contributed by atoms with Crippen molar-refractivity contribution in [2.24, 2.45) is 0 Å². The molecule has 7 nitrogen and oxygen atoms in total. The zero-order valence-electron chi connectivity index (χ0n) is 11.3. The van der Waals surface area contributed by atoms with Gasteiger partial charge in [0.2, 0.25) is 10.0 Å². The number of rotatable bonds is 6. The lowest BCUT2D eigenvalue weighted by Crippen LogP contribution is -2.42. The molecule has 0 aliphatic heterocycles. The van der Waals surface area contributed by atoms with Crippen LogP contribution in [0, 0.1) is 6.92 Å². The van der Waals surface area contributed by atoms with E-state index in [1.807, 2.05) is 4.72 Å². The van der Waals surface area contributed by atoms with E-state index in [1.54, 1.807) is 13.0 Å². The van der Waals surface area contributed by atoms with E-state index >= 15 is 0 Å². The van der Waals surface area contributed by atoms with Crippen molar-refractivity contribution in [2.45, 2.75) is 24.3 Å². The number of nitrogens with one attached hydrogen (secondary N) is 1. The van der Waals surface area contributed by atoms with Crippen molar-refractivity contribution in [1.29, 1.82) is 0 Å². The van der Waals surface area contributed by atoms with E-state index in [-0.39, 0.29) is 4.90 Å². The van der Waals surface area contributed by atoms with Gasteiger partial charge in [-0.1, -0.05) is 15.9 Å². The Bertz CT molecular complexity index is 658. The molecular weight excluding hydrogens is 366 g/mol. The summed E-state index contributed by atoms with van der Waals surface area (Å²) < 4.78 is 31.3. The number of carboxylic acid groups (broad SMARTS) is 1. The number of carbonyl (C=O) groups excluding carboxylic acids is 1. The maximum absolute atomic E-state index is 12.1. The third kappa shape index (κ3) is 4.80. The standard InChI is InChI=1S/C12H14BrNO6S/c1-7-5-8(3-4-9(7)13)21(18,19)14-10(12(16)17)6-11(15)20-2/h3-5,10,14H,6H2,1-2H3,(H,16,17)/t10-/m0/s1. The number of carboxylic acids is 1. The summed E-state index contributed by atoms with van der Waals surface area (Å²) in [5.74, 6) is -2.28. The van der Waals surface area contributed by atoms with Crippen molar-refractivity contribution >= 4 is 37.9 Å². The summed E-state index contributed by atoms with van der Waals surface area (Å²) in [5.41, 5.74) is 0.678. The van der Waals surface area contributed by atoms with Gasteiger partial charge in [0.25, 0.3) is 0 Å². The van der Waals surface area contributed by atoms with E-state index in [2.05, 4.69) is 20.7 Å². The lowest BCUT2D eigenvalue weighted by molar-refractivity contribution is -0.147. The van der Waals surface area contributed by atoms with Gasteiger partial charge in [-0.15, -0.1) is 0 Å². The van der Waals surface area contributed by atoms with Crippen LogP contribution in [0.25, 0.3) is 0 Å². The molecule has 21 heavy (non-hydrogen) atoms. The van der Waals surface area contributed by atoms with Gasteiger partial charge >= 0.3 is 11.9 Å². The van der Waals surface area contributed by atoms with E-state index in [9.17, 15) is 18.0 Å². The number of ether oxygens (including phenoxy) is 1. The maximum Gasteiger partial charge on any atom is 0.322 e. The Morgan fingerprint density at radius 3 is 2.52 bits per heavy atom. The molecule has 0 fully saturated rings. The number of methoxy groups -OCH3 is 1. The smallest absolute Gasteiger partial charge is 0.322 e. The molecule has 0 bridgehead atoms. The molecule has 9 heteroatoms. The Morgan fingerprint density at radius 2 is 2.05 bits per heavy atom. The van der Waals surface area contributed by atoms with E-state index in [1.165, 1.54) is 12.1 Å². The summed E-state index contributed by atoms with van der Waals surface area (Å²) >= 11 is 3.24. The summed E-state index contributed by atoms with van der Waals surface area (Å²) in [6.07, 6.45) is -0.597. The van der Waals surface area contributed by atoms with E-state index in [0.717, 1.165) is 11.6 Å². The molecular formula is C12H14BrNO6S. The highest BCUT2D eigenvalue weighted by molar-refractivity contribution is 9.10. The topological polar surface area (TPSA) is 110 Å². The van der Waals surface area contributed by atoms with Gasteiger partial charge in [-0.05, 0) is 30.7 Å². The SMILES string of the molecule is COC(=O)C[C@H](NS(=O)(=O)c1ccc(Br)c(C)c1)C(=O)O. The summed E-state index contributed by atoms with van der Waals surface area (Å²) in [5, 5.41) is 8.98. The Hall–Kier alpha value is -1.45. The first-order valence-electron chi connectivity index (χ1n) is 5.75. The number of hydrogen-bond acceptors (Lipinski definition) is 5. The molecule has 1 aromatic rings. The number of aliphatic carboxylic acids is 1. The van der Waals surface area contributed by atoms with E-state index in [0.29, 0.717) is 5.56 Å². The zero-order chi connectivity index (χ0) is 16.2. The number of halogens is 1. The Morgan fingerprint density at radius 1 is 1.43 bits per heavy atom. The summed E-state index contributed by atoms with van der Waals surface area (Å²) in [6.45, 7) is 1.70. The van der Waals surface area contributed by atoms with Crippen LogP contribution in [0.1, 0.15) is 12.0 Å². The first-order valence-corrected chi connectivity index (χ1v) is 8.03. The molecule has 0 aliphatic carbocycles. The Balaban J connectivity index is 3.03. The largest absolute Gasteiger partial charge is 0.480 e. The lowest BCUT2D eigenvalue weighted by atomic mass is 10.2. The average Bonchev–Trinajstić information content (AvgIpc) is 2.40. The quantitative estimate of drug-likeness (QED) is 0.714. The average molecular weight is 380 g/mol. The second-order valence-electron chi connectivity index (χ2n) is 4.20. The van der Waals surface area contributed by atoms with Gasteiger partial charge < -0.3 is 9.84 Å². The fraction of sp³-hybridized carbons (Fsp3) is 0.333. The highest BCUT2D eigenvalue weighted by Crippen LogP contribution is 2.20. The molecule has 0 unspecified atom stereocenters. The molecule has 1 aromatic carbocycles. The van der Waals surface area contributed by atoms with Crippen molar-refractivity contribution in [3.05, 3.63) is 28.2 Å². The molecule has 116 valence electrons. The summed E-state index contributed by atoms with van der Waals surface area (Å²) in [6, 6.07) is 2.67. The number of benzene rings is 1. The Kier molecular flexibility index (Phi) is 5.87. The monoisotopic (exact) mass is 379 g/mol. The van der Waals surface area contributed by atoms with Crippen molar-refractivity contribution in [3.8, 4) is 0 Å². The fourth-order valence-electron chi connectivity index (χ4n) is 1.47. The molecule has 0 spiro atoms. The van der Waals surface area contributed by atoms with Gasteiger partial charge in [0.05, 0.1) is 18.4 Å². The second kappa shape index (κ2) is 7.01. The van der Waals surface area contributed by atoms with Crippen LogP contribution in [0.5, 0.6) is 0 Å². The molecule has 0 amide bonds. The van der Waals surface area contributed by atoms with Crippen LogP contribution in [0.4, 0.5) is 0 Å². The predicted octanol–water partition coefficient (Wildman–Crippen LogP) is 1.05. The third-order valence-electron chi connectivity index (χ3n) is 2.63. The number of hydrogen-bond donors (Lipinski definition) is 2. The molecule has 1 rings (SSSR count). The van der Waals surface area contributed by atoms with Crippen LogP contribution in [-0.4, -0.2) is 38.6 Å². The van der Waals surface area contributed by atoms with Crippen LogP contribution in [0.15, 0.2) is 27.6 Å². The molecule has 0 radical (unpaired) electrons. The molecule has 0 heterocycles. The number of aryl methyl sites for hydroxylation is 1. The predicted molar refractivity (Wildman–Crippen MR) is 77.3 cm³/mol. The Labute approximate surface area is 130 Å². The van der Waals surface area contributed by atoms with Crippen molar-refractivity contribution in [3.63, 3.8) is 0 Å². The molecule has 1 atom stereocenters. The highest BCUT2D eigenvalue weighted by atomic mass is 79.9. The highest BCUT2D eigenvalue weighted by Gasteiger charge is 2.28. The van der Waals surface area contributed by atoms with Crippen molar-refractivity contribution in [2.75, 3.05) is 7.11 Å². The number of esters is 1. The van der Waals surface area contributed by atoms with Crippen LogP contribution in [-0.2, 0) is 24.3 Å². The van der Waals surface area contributed by atoms with Gasteiger partial charge in [-0.3, -0.25) is 9.59 Å². The first kappa shape index (κ1) is 17.6. The minimum absolute atomic E-state index is 0.0840. The maximum atomic E-state index is 12.1. The van der Waals surface area contributed by atoms with Crippen LogP contribution >= 0.6 is 15.9 Å². The molecule has 0 saturated carbocycles. The minimum atomic E-state index is -4.06. The summed E-state index contributed by atoms with van der Waals surface area (Å²) in [4.78, 5) is 22.1. The van der Waals surface area contributed by atoms with Crippen LogP contribution in [0.2, 0.25) is 0 Å². The van der Waals surface area contributed by atoms with Crippen molar-refractivity contribution in [1.82, 2.24) is 4.72 Å². The molecule has 0 aliphatic rings. The first-order chi connectivity index (χ1) is 9.67. The summed E-state index contributed by atoms with van der Waals surface area (Å²) in [7, 11) is -2.97. The minimum Gasteiger partial charge on any atom is -0.480 e. The second-order valence-corrected chi connectivity index (χ2v) is 6.77. The van der Waals surface area contributed by atoms with Gasteiger partial charge in [0, 0.05) is 4.47 Å². The molecule has 2 N–H and O–H groups in total. The number of carbonyl (C=O) groups is 2. The van der Waals surface area contributed by atoms with Crippen LogP contribution in [0.3, 0.4) is 0 Å². The molecule has 0 saturated heterocycles. The van der Waals surface area contributed by atoms with Gasteiger partial charge in [0.15, 0.2) is 0 Å². The third-order valence-corrected chi connectivity index (χ3v) is 4.99. The van der Waals surface area contributed by atoms with Gasteiger partial charge in [-0.2, -0.15) is 4.72 Å². The van der Waals surface area contributed by atoms with Gasteiger partial charge in [-0.25, -0.2) is 8.42 Å². The van der Waals surface area contributed by atoms with E-state index in [4.69, 9.17) is 5.11 Å². The van der Waals surface area contributed by atoms with Crippen LogP contribution < -0.4 is 4.72 Å². The van der Waals surface area contributed by atoms with Gasteiger partial charge in [0.1, 0.15) is 6.04 Å². The van der Waals surface area contributed by atoms with E-state index < -0.39 is 34.4 Å². The molecule has 0 aromatic heterocycles. The van der Waals surface area contributed by atoms with Crippen molar-refractivity contribution < 1.29 is 27.9 Å². The number of sulfonamides is 1. The zero-order valence-corrected chi connectivity index (χ0v) is 13.7.